The van der Waals surface area contributed by atoms with Gasteiger partial charge in [-0.15, -0.1) is 11.3 Å². The van der Waals surface area contributed by atoms with E-state index in [0.717, 1.165) is 36.1 Å². The molecular weight excluding hydrogens is 306 g/mol. The van der Waals surface area contributed by atoms with Gasteiger partial charge in [0.2, 0.25) is 5.91 Å². The number of amides is 1. The number of nitrogens with zero attached hydrogens (tertiary/aromatic N) is 1. The van der Waals surface area contributed by atoms with E-state index in [2.05, 4.69) is 23.8 Å². The van der Waals surface area contributed by atoms with E-state index in [-0.39, 0.29) is 11.8 Å². The summed E-state index contributed by atoms with van der Waals surface area (Å²) in [6.45, 7) is 7.80. The van der Waals surface area contributed by atoms with Crippen molar-refractivity contribution >= 4 is 28.1 Å². The number of hydrogen-bond donors (Lipinski definition) is 2. The number of carbonyl (C=O) groups excluding carboxylic acids is 1. The van der Waals surface area contributed by atoms with E-state index < -0.39 is 0 Å². The fourth-order valence-electron chi connectivity index (χ4n) is 2.19. The summed E-state index contributed by atoms with van der Waals surface area (Å²) in [6.07, 6.45) is 3.08. The molecule has 122 valence electrons. The molecular formula is C18H23N3OS. The zero-order chi connectivity index (χ0) is 16.8. The molecule has 5 heteroatoms. The van der Waals surface area contributed by atoms with Gasteiger partial charge >= 0.3 is 0 Å². The molecule has 23 heavy (non-hydrogen) atoms. The fraction of sp³-hybridized carbons (Fsp3) is 0.333. The number of nitrogens with two attached hydrogens (primary N) is 1. The topological polar surface area (TPSA) is 68.0 Å². The fourth-order valence-corrected chi connectivity index (χ4v) is 2.91. The number of thiazole rings is 1. The molecule has 1 aromatic heterocycles. The molecule has 0 aliphatic carbocycles. The Labute approximate surface area is 141 Å². The second-order valence-electron chi connectivity index (χ2n) is 5.67. The van der Waals surface area contributed by atoms with Gasteiger partial charge in [0, 0.05) is 22.6 Å². The number of anilines is 1. The second-order valence-corrected chi connectivity index (χ2v) is 6.53. The van der Waals surface area contributed by atoms with Crippen LogP contribution in [0.25, 0.3) is 17.0 Å². The summed E-state index contributed by atoms with van der Waals surface area (Å²) >= 11 is 1.44. The van der Waals surface area contributed by atoms with Crippen LogP contribution in [0.15, 0.2) is 36.2 Å². The van der Waals surface area contributed by atoms with Crippen molar-refractivity contribution in [1.82, 2.24) is 4.98 Å². The number of aromatic nitrogens is 1. The number of unbranched alkanes of at least 4 members (excludes halogenated alkanes) is 1. The Morgan fingerprint density at radius 1 is 1.39 bits per heavy atom. The van der Waals surface area contributed by atoms with Crippen molar-refractivity contribution in [3.8, 4) is 11.3 Å². The lowest BCUT2D eigenvalue weighted by Gasteiger charge is -2.09. The molecule has 0 bridgehead atoms. The van der Waals surface area contributed by atoms with Crippen molar-refractivity contribution in [2.45, 2.75) is 33.1 Å². The second kappa shape index (κ2) is 7.92. The summed E-state index contributed by atoms with van der Waals surface area (Å²) in [5.74, 6) is 0.0475. The summed E-state index contributed by atoms with van der Waals surface area (Å²) in [5, 5.41) is 5.49. The minimum Gasteiger partial charge on any atom is -0.399 e. The van der Waals surface area contributed by atoms with E-state index in [1.54, 1.807) is 0 Å². The standard InChI is InChI=1S/C18H23N3OS/c1-4-5-6-12(2)17(22)21-18-20-16(11-23-18)15-9-7-14(8-10-15)13(3)19/h7-12H,3-6,19H2,1-2H3,(H,20,21,22)/t12-/m0/s1. The quantitative estimate of drug-likeness (QED) is 0.785. The van der Waals surface area contributed by atoms with E-state index in [1.165, 1.54) is 11.3 Å². The van der Waals surface area contributed by atoms with Crippen molar-refractivity contribution in [1.29, 1.82) is 0 Å². The van der Waals surface area contributed by atoms with E-state index in [9.17, 15) is 4.79 Å². The van der Waals surface area contributed by atoms with Gasteiger partial charge in [-0.25, -0.2) is 4.98 Å². The van der Waals surface area contributed by atoms with Crippen molar-refractivity contribution in [3.05, 3.63) is 41.8 Å². The van der Waals surface area contributed by atoms with Crippen molar-refractivity contribution < 1.29 is 4.79 Å². The summed E-state index contributed by atoms with van der Waals surface area (Å²) in [5.41, 5.74) is 8.96. The smallest absolute Gasteiger partial charge is 0.228 e. The maximum atomic E-state index is 12.1. The summed E-state index contributed by atoms with van der Waals surface area (Å²) < 4.78 is 0. The largest absolute Gasteiger partial charge is 0.399 e. The first-order valence-electron chi connectivity index (χ1n) is 7.82. The molecule has 1 atom stereocenters. The molecule has 0 fully saturated rings. The Balaban J connectivity index is 2.02. The predicted octanol–water partition coefficient (Wildman–Crippen LogP) is 4.50. The molecule has 2 rings (SSSR count). The van der Waals surface area contributed by atoms with Crippen LogP contribution >= 0.6 is 11.3 Å². The van der Waals surface area contributed by atoms with Crippen LogP contribution in [-0.2, 0) is 4.79 Å². The van der Waals surface area contributed by atoms with Crippen LogP contribution in [0.4, 0.5) is 5.13 Å². The Kier molecular flexibility index (Phi) is 5.93. The lowest BCUT2D eigenvalue weighted by atomic mass is 10.0. The van der Waals surface area contributed by atoms with Crippen molar-refractivity contribution in [3.63, 3.8) is 0 Å². The van der Waals surface area contributed by atoms with Gasteiger partial charge in [0.25, 0.3) is 0 Å². The number of nitrogens with one attached hydrogen (secondary N) is 1. The first kappa shape index (κ1) is 17.2. The Morgan fingerprint density at radius 2 is 2.09 bits per heavy atom. The molecule has 0 aliphatic heterocycles. The third kappa shape index (κ3) is 4.66. The number of hydrogen-bond acceptors (Lipinski definition) is 4. The van der Waals surface area contributed by atoms with Gasteiger partial charge in [-0.2, -0.15) is 0 Å². The SMILES string of the molecule is C=C(N)c1ccc(-c2csc(NC(=O)[C@@H](C)CCCC)n2)cc1. The molecule has 1 amide bonds. The first-order valence-corrected chi connectivity index (χ1v) is 8.70. The minimum atomic E-state index is 0.0113. The van der Waals surface area contributed by atoms with E-state index in [0.29, 0.717) is 10.8 Å². The van der Waals surface area contributed by atoms with Gasteiger partial charge in [0.05, 0.1) is 5.69 Å². The molecule has 0 saturated carbocycles. The number of rotatable bonds is 7. The Morgan fingerprint density at radius 3 is 2.70 bits per heavy atom. The molecule has 1 aromatic carbocycles. The Hall–Kier alpha value is -2.14. The number of carbonyl (C=O) groups is 1. The van der Waals surface area contributed by atoms with Gasteiger partial charge in [0.1, 0.15) is 0 Å². The molecule has 0 radical (unpaired) electrons. The molecule has 3 N–H and O–H groups in total. The van der Waals surface area contributed by atoms with Crippen LogP contribution < -0.4 is 11.1 Å². The minimum absolute atomic E-state index is 0.0113. The molecule has 0 aliphatic rings. The van der Waals surface area contributed by atoms with Gasteiger partial charge in [-0.3, -0.25) is 4.79 Å². The van der Waals surface area contributed by atoms with Crippen molar-refractivity contribution in [2.24, 2.45) is 11.7 Å². The normalized spacial score (nSPS) is 11.9. The zero-order valence-electron chi connectivity index (χ0n) is 13.6. The van der Waals surface area contributed by atoms with Crippen LogP contribution in [0.1, 0.15) is 38.7 Å². The van der Waals surface area contributed by atoms with Gasteiger partial charge in [-0.05, 0) is 12.0 Å². The highest BCUT2D eigenvalue weighted by Crippen LogP contribution is 2.26. The van der Waals surface area contributed by atoms with Gasteiger partial charge in [0.15, 0.2) is 5.13 Å². The van der Waals surface area contributed by atoms with Gasteiger partial charge < -0.3 is 11.1 Å². The molecule has 0 saturated heterocycles. The number of benzene rings is 1. The van der Waals surface area contributed by atoms with Crippen LogP contribution in [0, 0.1) is 5.92 Å². The highest BCUT2D eigenvalue weighted by atomic mass is 32.1. The summed E-state index contributed by atoms with van der Waals surface area (Å²) in [7, 11) is 0. The average Bonchev–Trinajstić information content (AvgIpc) is 3.01. The molecule has 0 spiro atoms. The van der Waals surface area contributed by atoms with Crippen molar-refractivity contribution in [2.75, 3.05) is 5.32 Å². The average molecular weight is 329 g/mol. The first-order chi connectivity index (χ1) is 11.0. The van der Waals surface area contributed by atoms with Crippen LogP contribution in [-0.4, -0.2) is 10.9 Å². The zero-order valence-corrected chi connectivity index (χ0v) is 14.5. The lowest BCUT2D eigenvalue weighted by molar-refractivity contribution is -0.119. The monoisotopic (exact) mass is 329 g/mol. The summed E-state index contributed by atoms with van der Waals surface area (Å²) in [6, 6.07) is 7.75. The Bertz CT molecular complexity index is 676. The molecule has 4 nitrogen and oxygen atoms in total. The summed E-state index contributed by atoms with van der Waals surface area (Å²) in [4.78, 5) is 16.6. The van der Waals surface area contributed by atoms with E-state index in [1.807, 2.05) is 36.6 Å². The molecule has 0 unspecified atom stereocenters. The van der Waals surface area contributed by atoms with Crippen LogP contribution in [0.2, 0.25) is 0 Å². The molecule has 2 aromatic rings. The molecule has 1 heterocycles. The lowest BCUT2D eigenvalue weighted by Crippen LogP contribution is -2.20. The highest BCUT2D eigenvalue weighted by Gasteiger charge is 2.14. The maximum Gasteiger partial charge on any atom is 0.228 e. The third-order valence-electron chi connectivity index (χ3n) is 3.72. The maximum absolute atomic E-state index is 12.1. The van der Waals surface area contributed by atoms with Crippen LogP contribution in [0.5, 0.6) is 0 Å². The van der Waals surface area contributed by atoms with Gasteiger partial charge in [-0.1, -0.05) is 57.5 Å². The van der Waals surface area contributed by atoms with Crippen LogP contribution in [0.3, 0.4) is 0 Å². The van der Waals surface area contributed by atoms with E-state index >= 15 is 0 Å². The predicted molar refractivity (Wildman–Crippen MR) is 98.1 cm³/mol. The third-order valence-corrected chi connectivity index (χ3v) is 4.48. The van der Waals surface area contributed by atoms with E-state index in [4.69, 9.17) is 5.73 Å². The highest BCUT2D eigenvalue weighted by molar-refractivity contribution is 7.14.